The second-order valence-electron chi connectivity index (χ2n) is 5.44. The standard InChI is InChI=1S/C14H19BrClNO2S/c1-10-6-12(8-16)7-13(14(10)15)20(18,19)17(2)9-11-4-3-5-11/h6-7,11H,3-5,8-9H2,1-2H3. The summed E-state index contributed by atoms with van der Waals surface area (Å²) in [5.41, 5.74) is 1.71. The highest BCUT2D eigenvalue weighted by Gasteiger charge is 2.28. The van der Waals surface area contributed by atoms with Gasteiger partial charge in [0.2, 0.25) is 10.0 Å². The highest BCUT2D eigenvalue weighted by atomic mass is 79.9. The van der Waals surface area contributed by atoms with Gasteiger partial charge in [0.05, 0.1) is 4.90 Å². The van der Waals surface area contributed by atoms with Gasteiger partial charge in [-0.05, 0) is 58.8 Å². The molecule has 0 aliphatic heterocycles. The van der Waals surface area contributed by atoms with Gasteiger partial charge in [0, 0.05) is 23.9 Å². The predicted octanol–water partition coefficient (Wildman–Crippen LogP) is 3.92. The Morgan fingerprint density at radius 3 is 2.55 bits per heavy atom. The fourth-order valence-electron chi connectivity index (χ4n) is 2.38. The molecule has 0 atom stereocenters. The molecule has 0 amide bonds. The van der Waals surface area contributed by atoms with Crippen LogP contribution in [0.4, 0.5) is 0 Å². The van der Waals surface area contributed by atoms with E-state index in [9.17, 15) is 8.42 Å². The quantitative estimate of drug-likeness (QED) is 0.726. The molecule has 0 saturated heterocycles. The lowest BCUT2D eigenvalue weighted by molar-refractivity contribution is 0.263. The highest BCUT2D eigenvalue weighted by molar-refractivity contribution is 9.10. The Labute approximate surface area is 134 Å². The zero-order valence-corrected chi connectivity index (χ0v) is 14.9. The second kappa shape index (κ2) is 6.34. The second-order valence-corrected chi connectivity index (χ2v) is 8.51. The fourth-order valence-corrected chi connectivity index (χ4v) is 4.81. The first-order valence-electron chi connectivity index (χ1n) is 6.67. The third-order valence-corrected chi connectivity index (χ3v) is 7.33. The molecule has 0 bridgehead atoms. The molecule has 3 nitrogen and oxygen atoms in total. The molecule has 20 heavy (non-hydrogen) atoms. The van der Waals surface area contributed by atoms with Gasteiger partial charge in [0.15, 0.2) is 0 Å². The van der Waals surface area contributed by atoms with E-state index in [0.29, 0.717) is 27.7 Å². The summed E-state index contributed by atoms with van der Waals surface area (Å²) < 4.78 is 27.5. The summed E-state index contributed by atoms with van der Waals surface area (Å²) >= 11 is 9.24. The van der Waals surface area contributed by atoms with Crippen LogP contribution in [0, 0.1) is 12.8 Å². The molecule has 1 fully saturated rings. The van der Waals surface area contributed by atoms with E-state index >= 15 is 0 Å². The van der Waals surface area contributed by atoms with E-state index in [-0.39, 0.29) is 0 Å². The number of hydrogen-bond acceptors (Lipinski definition) is 2. The Bertz CT molecular complexity index is 599. The van der Waals surface area contributed by atoms with Crippen LogP contribution >= 0.6 is 27.5 Å². The average molecular weight is 381 g/mol. The number of hydrogen-bond donors (Lipinski definition) is 0. The number of benzene rings is 1. The van der Waals surface area contributed by atoms with Gasteiger partial charge in [-0.2, -0.15) is 0 Å². The summed E-state index contributed by atoms with van der Waals surface area (Å²) in [6.45, 7) is 2.48. The van der Waals surface area contributed by atoms with Crippen molar-refractivity contribution < 1.29 is 8.42 Å². The van der Waals surface area contributed by atoms with Crippen LogP contribution in [0.3, 0.4) is 0 Å². The van der Waals surface area contributed by atoms with Crippen molar-refractivity contribution in [2.75, 3.05) is 13.6 Å². The number of halogens is 2. The third kappa shape index (κ3) is 3.21. The maximum atomic E-state index is 12.7. The summed E-state index contributed by atoms with van der Waals surface area (Å²) in [6, 6.07) is 3.57. The van der Waals surface area contributed by atoms with Crippen LogP contribution in [0.1, 0.15) is 30.4 Å². The van der Waals surface area contributed by atoms with Crippen molar-refractivity contribution in [2.24, 2.45) is 5.92 Å². The molecule has 0 heterocycles. The molecule has 1 aliphatic carbocycles. The van der Waals surface area contributed by atoms with Crippen LogP contribution in [0.15, 0.2) is 21.5 Å². The lowest BCUT2D eigenvalue weighted by atomic mass is 9.86. The predicted molar refractivity (Wildman–Crippen MR) is 85.6 cm³/mol. The zero-order chi connectivity index (χ0) is 14.9. The molecule has 1 aliphatic rings. The molecular formula is C14H19BrClNO2S. The first kappa shape index (κ1) is 16.3. The maximum absolute atomic E-state index is 12.7. The van der Waals surface area contributed by atoms with Crippen molar-refractivity contribution in [1.82, 2.24) is 4.31 Å². The van der Waals surface area contributed by atoms with Crippen LogP contribution in [0.5, 0.6) is 0 Å². The van der Waals surface area contributed by atoms with Gasteiger partial charge in [-0.25, -0.2) is 12.7 Å². The molecule has 0 N–H and O–H groups in total. The minimum atomic E-state index is -3.47. The first-order chi connectivity index (χ1) is 9.36. The van der Waals surface area contributed by atoms with Crippen molar-refractivity contribution in [3.05, 3.63) is 27.7 Å². The Morgan fingerprint density at radius 2 is 2.05 bits per heavy atom. The van der Waals surface area contributed by atoms with E-state index < -0.39 is 10.0 Å². The van der Waals surface area contributed by atoms with E-state index in [1.54, 1.807) is 13.1 Å². The monoisotopic (exact) mass is 379 g/mol. The van der Waals surface area contributed by atoms with Gasteiger partial charge >= 0.3 is 0 Å². The zero-order valence-electron chi connectivity index (χ0n) is 11.7. The van der Waals surface area contributed by atoms with Crippen molar-refractivity contribution in [3.8, 4) is 0 Å². The Balaban J connectivity index is 2.34. The van der Waals surface area contributed by atoms with E-state index in [1.807, 2.05) is 13.0 Å². The maximum Gasteiger partial charge on any atom is 0.243 e. The summed E-state index contributed by atoms with van der Waals surface area (Å²) in [7, 11) is -1.81. The van der Waals surface area contributed by atoms with Gasteiger partial charge in [0.1, 0.15) is 0 Å². The third-order valence-electron chi connectivity index (χ3n) is 3.86. The number of nitrogens with zero attached hydrogens (tertiary/aromatic N) is 1. The Kier molecular flexibility index (Phi) is 5.16. The fraction of sp³-hybridized carbons (Fsp3) is 0.571. The smallest absolute Gasteiger partial charge is 0.207 e. The molecule has 6 heteroatoms. The number of alkyl halides is 1. The average Bonchev–Trinajstić information content (AvgIpc) is 2.36. The van der Waals surface area contributed by atoms with Crippen LogP contribution in [0.25, 0.3) is 0 Å². The van der Waals surface area contributed by atoms with E-state index in [4.69, 9.17) is 11.6 Å². The minimum Gasteiger partial charge on any atom is -0.207 e. The molecular weight excluding hydrogens is 362 g/mol. The molecule has 0 radical (unpaired) electrons. The SMILES string of the molecule is Cc1cc(CCl)cc(S(=O)(=O)N(C)CC2CCC2)c1Br. The van der Waals surface area contributed by atoms with Crippen molar-refractivity contribution in [2.45, 2.75) is 37.0 Å². The summed E-state index contributed by atoms with van der Waals surface area (Å²) in [5.74, 6) is 0.814. The molecule has 0 unspecified atom stereocenters. The number of sulfonamides is 1. The molecule has 1 aromatic rings. The number of rotatable bonds is 5. The van der Waals surface area contributed by atoms with Gasteiger partial charge in [-0.1, -0.05) is 12.5 Å². The normalized spacial score (nSPS) is 16.4. The highest BCUT2D eigenvalue weighted by Crippen LogP contribution is 2.32. The molecule has 0 aromatic heterocycles. The minimum absolute atomic E-state index is 0.309. The Morgan fingerprint density at radius 1 is 1.40 bits per heavy atom. The van der Waals surface area contributed by atoms with Crippen LogP contribution in [0.2, 0.25) is 0 Å². The van der Waals surface area contributed by atoms with Gasteiger partial charge in [-0.15, -0.1) is 11.6 Å². The number of aryl methyl sites for hydroxylation is 1. The summed E-state index contributed by atoms with van der Waals surface area (Å²) in [6.07, 6.45) is 3.46. The molecule has 112 valence electrons. The van der Waals surface area contributed by atoms with Crippen LogP contribution < -0.4 is 0 Å². The largest absolute Gasteiger partial charge is 0.243 e. The summed E-state index contributed by atoms with van der Waals surface area (Å²) in [5, 5.41) is 0. The lowest BCUT2D eigenvalue weighted by Gasteiger charge is -2.30. The molecule has 0 spiro atoms. The van der Waals surface area contributed by atoms with E-state index in [2.05, 4.69) is 15.9 Å². The van der Waals surface area contributed by atoms with Crippen LogP contribution in [-0.4, -0.2) is 26.3 Å². The van der Waals surface area contributed by atoms with Gasteiger partial charge in [-0.3, -0.25) is 0 Å². The van der Waals surface area contributed by atoms with E-state index in [1.165, 1.54) is 10.7 Å². The first-order valence-corrected chi connectivity index (χ1v) is 9.44. The van der Waals surface area contributed by atoms with E-state index in [0.717, 1.165) is 24.0 Å². The van der Waals surface area contributed by atoms with Gasteiger partial charge < -0.3 is 0 Å². The van der Waals surface area contributed by atoms with Crippen molar-refractivity contribution >= 4 is 37.6 Å². The molecule has 2 rings (SSSR count). The van der Waals surface area contributed by atoms with Crippen molar-refractivity contribution in [1.29, 1.82) is 0 Å². The molecule has 1 saturated carbocycles. The van der Waals surface area contributed by atoms with Crippen molar-refractivity contribution in [3.63, 3.8) is 0 Å². The topological polar surface area (TPSA) is 37.4 Å². The Hall–Kier alpha value is -0.100. The molecule has 1 aromatic carbocycles. The summed E-state index contributed by atoms with van der Waals surface area (Å²) in [4.78, 5) is 0.315. The van der Waals surface area contributed by atoms with Crippen LogP contribution in [-0.2, 0) is 15.9 Å². The lowest BCUT2D eigenvalue weighted by Crippen LogP contribution is -2.34. The van der Waals surface area contributed by atoms with Gasteiger partial charge in [0.25, 0.3) is 0 Å².